The second kappa shape index (κ2) is 4.61. The zero-order chi connectivity index (χ0) is 9.80. The molecule has 1 aliphatic rings. The molecule has 2 unspecified atom stereocenters. The molecule has 14 heavy (non-hydrogen) atoms. The Balaban J connectivity index is 2.10. The monoisotopic (exact) mass is 189 g/mol. The van der Waals surface area contributed by atoms with Gasteiger partial charge >= 0.3 is 0 Å². The Morgan fingerprint density at radius 2 is 2.00 bits per heavy atom. The molecule has 0 aromatic heterocycles. The standard InChI is InChI=1S/C13H19N/c1-2-14-13-10-6-9-12(13)11-7-4-3-5-8-11/h3-5,7-8,12-14H,2,6,9-10H2,1H3. The second-order valence-corrected chi connectivity index (χ2v) is 4.11. The Labute approximate surface area is 86.5 Å². The summed E-state index contributed by atoms with van der Waals surface area (Å²) < 4.78 is 0. The van der Waals surface area contributed by atoms with Gasteiger partial charge in [0, 0.05) is 6.04 Å². The third kappa shape index (κ3) is 1.98. The molecule has 1 heteroatoms. The highest BCUT2D eigenvalue weighted by atomic mass is 14.9. The molecule has 0 heterocycles. The summed E-state index contributed by atoms with van der Waals surface area (Å²) in [5, 5.41) is 3.59. The lowest BCUT2D eigenvalue weighted by molar-refractivity contribution is 0.492. The topological polar surface area (TPSA) is 12.0 Å². The van der Waals surface area contributed by atoms with Crippen molar-refractivity contribution in [1.29, 1.82) is 0 Å². The van der Waals surface area contributed by atoms with Gasteiger partial charge in [0.25, 0.3) is 0 Å². The highest BCUT2D eigenvalue weighted by molar-refractivity contribution is 5.22. The lowest BCUT2D eigenvalue weighted by Crippen LogP contribution is -2.30. The largest absolute Gasteiger partial charge is 0.314 e. The molecule has 0 spiro atoms. The fourth-order valence-corrected chi connectivity index (χ4v) is 2.57. The van der Waals surface area contributed by atoms with Crippen molar-refractivity contribution < 1.29 is 0 Å². The summed E-state index contributed by atoms with van der Waals surface area (Å²) in [5.41, 5.74) is 1.51. The molecule has 1 aliphatic carbocycles. The molecule has 0 bridgehead atoms. The summed E-state index contributed by atoms with van der Waals surface area (Å²) in [4.78, 5) is 0. The molecule has 1 aromatic rings. The van der Waals surface area contributed by atoms with Crippen LogP contribution in [0.25, 0.3) is 0 Å². The van der Waals surface area contributed by atoms with E-state index in [9.17, 15) is 0 Å². The smallest absolute Gasteiger partial charge is 0.0136 e. The van der Waals surface area contributed by atoms with Gasteiger partial charge in [0.05, 0.1) is 0 Å². The summed E-state index contributed by atoms with van der Waals surface area (Å²) >= 11 is 0. The van der Waals surface area contributed by atoms with E-state index >= 15 is 0 Å². The molecule has 1 aromatic carbocycles. The van der Waals surface area contributed by atoms with Gasteiger partial charge in [-0.15, -0.1) is 0 Å². The predicted molar refractivity (Wildman–Crippen MR) is 60.5 cm³/mol. The molecule has 1 fully saturated rings. The van der Waals surface area contributed by atoms with E-state index in [2.05, 4.69) is 42.6 Å². The molecule has 2 atom stereocenters. The molecule has 0 saturated heterocycles. The molecule has 0 amide bonds. The summed E-state index contributed by atoms with van der Waals surface area (Å²) in [6.45, 7) is 3.29. The van der Waals surface area contributed by atoms with Crippen molar-refractivity contribution >= 4 is 0 Å². The van der Waals surface area contributed by atoms with Crippen LogP contribution in [0.3, 0.4) is 0 Å². The normalized spacial score (nSPS) is 26.6. The van der Waals surface area contributed by atoms with Crippen LogP contribution >= 0.6 is 0 Å². The molecule has 0 aliphatic heterocycles. The van der Waals surface area contributed by atoms with E-state index in [4.69, 9.17) is 0 Å². The summed E-state index contributed by atoms with van der Waals surface area (Å²) in [5.74, 6) is 0.746. The Bertz CT molecular complexity index is 268. The fourth-order valence-electron chi connectivity index (χ4n) is 2.57. The Morgan fingerprint density at radius 3 is 2.71 bits per heavy atom. The van der Waals surface area contributed by atoms with Crippen LogP contribution < -0.4 is 5.32 Å². The van der Waals surface area contributed by atoms with Crippen LogP contribution in [0.15, 0.2) is 30.3 Å². The number of hydrogen-bond donors (Lipinski definition) is 1. The van der Waals surface area contributed by atoms with Gasteiger partial charge in [0.1, 0.15) is 0 Å². The minimum Gasteiger partial charge on any atom is -0.314 e. The third-order valence-corrected chi connectivity index (χ3v) is 3.21. The lowest BCUT2D eigenvalue weighted by Gasteiger charge is -2.20. The van der Waals surface area contributed by atoms with E-state index in [1.54, 1.807) is 0 Å². The molecule has 76 valence electrons. The first-order valence-electron chi connectivity index (χ1n) is 5.70. The van der Waals surface area contributed by atoms with Gasteiger partial charge < -0.3 is 5.32 Å². The van der Waals surface area contributed by atoms with Crippen molar-refractivity contribution in [2.75, 3.05) is 6.54 Å². The van der Waals surface area contributed by atoms with Gasteiger partial charge in [-0.05, 0) is 30.9 Å². The molecule has 2 rings (SSSR count). The van der Waals surface area contributed by atoms with E-state index in [1.807, 2.05) is 0 Å². The Kier molecular flexibility index (Phi) is 3.20. The summed E-state index contributed by atoms with van der Waals surface area (Å²) in [7, 11) is 0. The first-order valence-corrected chi connectivity index (χ1v) is 5.70. The molecule has 0 radical (unpaired) electrons. The number of rotatable bonds is 3. The number of benzene rings is 1. The Hall–Kier alpha value is -0.820. The SMILES string of the molecule is CCNC1CCCC1c1ccccc1. The second-order valence-electron chi connectivity index (χ2n) is 4.11. The predicted octanol–water partition coefficient (Wildman–Crippen LogP) is 2.93. The van der Waals surface area contributed by atoms with Crippen LogP contribution in [-0.2, 0) is 0 Å². The van der Waals surface area contributed by atoms with Crippen molar-refractivity contribution in [3.8, 4) is 0 Å². The molecule has 1 N–H and O–H groups in total. The zero-order valence-corrected chi connectivity index (χ0v) is 8.87. The maximum absolute atomic E-state index is 3.59. The third-order valence-electron chi connectivity index (χ3n) is 3.21. The molecular formula is C13H19N. The Morgan fingerprint density at radius 1 is 1.21 bits per heavy atom. The van der Waals surface area contributed by atoms with E-state index in [0.717, 1.165) is 12.5 Å². The average Bonchev–Trinajstić information content (AvgIpc) is 2.68. The minimum absolute atomic E-state index is 0.711. The lowest BCUT2D eigenvalue weighted by atomic mass is 9.94. The van der Waals surface area contributed by atoms with E-state index in [0.29, 0.717) is 6.04 Å². The van der Waals surface area contributed by atoms with Crippen molar-refractivity contribution in [1.82, 2.24) is 5.32 Å². The van der Waals surface area contributed by atoms with Gasteiger partial charge in [0.15, 0.2) is 0 Å². The van der Waals surface area contributed by atoms with Crippen molar-refractivity contribution in [2.45, 2.75) is 38.1 Å². The quantitative estimate of drug-likeness (QED) is 0.771. The van der Waals surface area contributed by atoms with Crippen molar-refractivity contribution in [3.63, 3.8) is 0 Å². The number of nitrogens with one attached hydrogen (secondary N) is 1. The van der Waals surface area contributed by atoms with Crippen LogP contribution in [0.2, 0.25) is 0 Å². The average molecular weight is 189 g/mol. The van der Waals surface area contributed by atoms with Gasteiger partial charge in [-0.1, -0.05) is 43.7 Å². The fraction of sp³-hybridized carbons (Fsp3) is 0.538. The van der Waals surface area contributed by atoms with Crippen LogP contribution in [-0.4, -0.2) is 12.6 Å². The van der Waals surface area contributed by atoms with E-state index in [-0.39, 0.29) is 0 Å². The van der Waals surface area contributed by atoms with Crippen molar-refractivity contribution in [2.24, 2.45) is 0 Å². The maximum Gasteiger partial charge on any atom is 0.0136 e. The number of hydrogen-bond acceptors (Lipinski definition) is 1. The molecule has 1 nitrogen and oxygen atoms in total. The summed E-state index contributed by atoms with van der Waals surface area (Å²) in [6, 6.07) is 11.6. The molecule has 1 saturated carbocycles. The van der Waals surface area contributed by atoms with Gasteiger partial charge in [-0.25, -0.2) is 0 Å². The minimum atomic E-state index is 0.711. The zero-order valence-electron chi connectivity index (χ0n) is 8.87. The van der Waals surface area contributed by atoms with E-state index < -0.39 is 0 Å². The van der Waals surface area contributed by atoms with Gasteiger partial charge in [0.2, 0.25) is 0 Å². The van der Waals surface area contributed by atoms with Crippen LogP contribution in [0.1, 0.15) is 37.7 Å². The van der Waals surface area contributed by atoms with E-state index in [1.165, 1.54) is 24.8 Å². The van der Waals surface area contributed by atoms with Gasteiger partial charge in [-0.2, -0.15) is 0 Å². The molecular weight excluding hydrogens is 170 g/mol. The summed E-state index contributed by atoms with van der Waals surface area (Å²) in [6.07, 6.45) is 4.06. The van der Waals surface area contributed by atoms with Gasteiger partial charge in [-0.3, -0.25) is 0 Å². The highest BCUT2D eigenvalue weighted by Gasteiger charge is 2.27. The van der Waals surface area contributed by atoms with Crippen LogP contribution in [0.4, 0.5) is 0 Å². The van der Waals surface area contributed by atoms with Crippen LogP contribution in [0, 0.1) is 0 Å². The highest BCUT2D eigenvalue weighted by Crippen LogP contribution is 2.34. The number of likely N-dealkylation sites (N-methyl/N-ethyl adjacent to an activating group) is 1. The first kappa shape index (κ1) is 9.72. The first-order chi connectivity index (χ1) is 6.92. The van der Waals surface area contributed by atoms with Crippen LogP contribution in [0.5, 0.6) is 0 Å². The van der Waals surface area contributed by atoms with Crippen molar-refractivity contribution in [3.05, 3.63) is 35.9 Å². The maximum atomic E-state index is 3.59.